The van der Waals surface area contributed by atoms with Crippen molar-refractivity contribution >= 4 is 26.5 Å². The molecule has 1 fully saturated rings. The summed E-state index contributed by atoms with van der Waals surface area (Å²) in [6.45, 7) is 5.35. The summed E-state index contributed by atoms with van der Waals surface area (Å²) in [5.41, 5.74) is 0.433. The second kappa shape index (κ2) is 7.50. The molecule has 7 nitrogen and oxygen atoms in total. The van der Waals surface area contributed by atoms with Crippen molar-refractivity contribution in [3.63, 3.8) is 0 Å². The van der Waals surface area contributed by atoms with Crippen LogP contribution in [0.4, 0.5) is 5.13 Å². The molecule has 1 aliphatic rings. The van der Waals surface area contributed by atoms with E-state index in [4.69, 9.17) is 14.6 Å². The fourth-order valence-electron chi connectivity index (χ4n) is 2.06. The zero-order valence-electron chi connectivity index (χ0n) is 12.0. The first-order valence-electron chi connectivity index (χ1n) is 6.86. The van der Waals surface area contributed by atoms with Gasteiger partial charge in [-0.25, -0.2) is 18.5 Å². The fourth-order valence-corrected chi connectivity index (χ4v) is 3.94. The molecule has 1 atom stereocenters. The third-order valence-corrected chi connectivity index (χ3v) is 5.80. The number of hydrogen-bond acceptors (Lipinski definition) is 7. The fraction of sp³-hybridized carbons (Fsp3) is 0.750. The highest BCUT2D eigenvalue weighted by atomic mass is 32.2. The van der Waals surface area contributed by atoms with Crippen molar-refractivity contribution in [2.45, 2.75) is 24.0 Å². The van der Waals surface area contributed by atoms with Gasteiger partial charge in [-0.15, -0.1) is 0 Å². The molecule has 21 heavy (non-hydrogen) atoms. The van der Waals surface area contributed by atoms with Crippen molar-refractivity contribution < 1.29 is 17.9 Å². The lowest BCUT2D eigenvalue weighted by atomic mass is 10.1. The van der Waals surface area contributed by atoms with Gasteiger partial charge in [-0.1, -0.05) is 11.3 Å². The van der Waals surface area contributed by atoms with E-state index in [-0.39, 0.29) is 4.21 Å². The van der Waals surface area contributed by atoms with E-state index in [2.05, 4.69) is 10.3 Å². The molecular formula is C12H21N3O4S2. The Hall–Kier alpha value is -0.740. The topological polar surface area (TPSA) is 104 Å². The van der Waals surface area contributed by atoms with Crippen LogP contribution >= 0.6 is 11.3 Å². The zero-order valence-corrected chi connectivity index (χ0v) is 13.6. The highest BCUT2D eigenvalue weighted by molar-refractivity contribution is 7.91. The third kappa shape index (κ3) is 5.19. The van der Waals surface area contributed by atoms with Crippen LogP contribution in [0.2, 0.25) is 0 Å². The highest BCUT2D eigenvalue weighted by Gasteiger charge is 2.17. The Labute approximate surface area is 128 Å². The summed E-state index contributed by atoms with van der Waals surface area (Å²) in [7, 11) is -3.68. The maximum absolute atomic E-state index is 11.3. The number of aromatic nitrogens is 1. The van der Waals surface area contributed by atoms with E-state index in [0.29, 0.717) is 29.9 Å². The summed E-state index contributed by atoms with van der Waals surface area (Å²) in [6, 6.07) is 0. The van der Waals surface area contributed by atoms with Gasteiger partial charge in [-0.3, -0.25) is 0 Å². The van der Waals surface area contributed by atoms with Crippen LogP contribution in [-0.2, 0) is 19.5 Å². The molecule has 2 heterocycles. The molecule has 9 heteroatoms. The van der Waals surface area contributed by atoms with Gasteiger partial charge < -0.3 is 14.8 Å². The molecule has 3 N–H and O–H groups in total. The van der Waals surface area contributed by atoms with Gasteiger partial charge in [-0.05, 0) is 19.8 Å². The Morgan fingerprint density at radius 3 is 3.00 bits per heavy atom. The molecule has 0 amide bonds. The van der Waals surface area contributed by atoms with Gasteiger partial charge in [0.1, 0.15) is 0 Å². The van der Waals surface area contributed by atoms with Gasteiger partial charge in [0.25, 0.3) is 0 Å². The predicted octanol–water partition coefficient (Wildman–Crippen LogP) is 0.954. The number of sulfonamides is 1. The average molecular weight is 335 g/mol. The van der Waals surface area contributed by atoms with E-state index in [1.165, 1.54) is 0 Å². The van der Waals surface area contributed by atoms with Crippen LogP contribution in [-0.4, -0.2) is 46.4 Å². The normalized spacial score (nSPS) is 19.0. The quantitative estimate of drug-likeness (QED) is 0.686. The molecule has 120 valence electrons. The van der Waals surface area contributed by atoms with Crippen LogP contribution < -0.4 is 10.5 Å². The Kier molecular flexibility index (Phi) is 5.94. The first kappa shape index (κ1) is 16.6. The van der Waals surface area contributed by atoms with E-state index in [9.17, 15) is 8.42 Å². The summed E-state index contributed by atoms with van der Waals surface area (Å²) >= 11 is 1.06. The lowest BCUT2D eigenvalue weighted by molar-refractivity contribution is 0.0897. The van der Waals surface area contributed by atoms with Crippen LogP contribution in [0.25, 0.3) is 0 Å². The number of aryl methyl sites for hydroxylation is 1. The van der Waals surface area contributed by atoms with E-state index in [0.717, 1.165) is 44.0 Å². The number of nitrogens with zero attached hydrogens (tertiary/aromatic N) is 1. The molecule has 0 aromatic carbocycles. The number of nitrogens with two attached hydrogens (primary N) is 1. The number of anilines is 1. The summed E-state index contributed by atoms with van der Waals surface area (Å²) in [5, 5.41) is 8.77. The minimum atomic E-state index is -3.68. The predicted molar refractivity (Wildman–Crippen MR) is 81.1 cm³/mol. The molecule has 1 saturated heterocycles. The Balaban J connectivity index is 1.64. The smallest absolute Gasteiger partial charge is 0.249 e. The molecule has 1 aromatic rings. The Morgan fingerprint density at radius 2 is 2.38 bits per heavy atom. The van der Waals surface area contributed by atoms with Crippen LogP contribution in [0.1, 0.15) is 18.5 Å². The van der Waals surface area contributed by atoms with Gasteiger partial charge >= 0.3 is 0 Å². The molecule has 0 unspecified atom stereocenters. The summed E-state index contributed by atoms with van der Waals surface area (Å²) in [5.74, 6) is 0.525. The molecule has 0 radical (unpaired) electrons. The number of thiazole rings is 1. The molecule has 1 aliphatic heterocycles. The van der Waals surface area contributed by atoms with Crippen LogP contribution in [0.15, 0.2) is 4.21 Å². The first-order chi connectivity index (χ1) is 9.97. The van der Waals surface area contributed by atoms with Gasteiger partial charge in [0.2, 0.25) is 10.0 Å². The monoisotopic (exact) mass is 335 g/mol. The van der Waals surface area contributed by atoms with E-state index >= 15 is 0 Å². The molecule has 0 bridgehead atoms. The summed E-state index contributed by atoms with van der Waals surface area (Å²) < 4.78 is 33.6. The SMILES string of the molecule is Cc1nc(NCCCOC[C@@H]2CCOC2)sc1S(N)(=O)=O. The van der Waals surface area contributed by atoms with E-state index < -0.39 is 10.0 Å². The van der Waals surface area contributed by atoms with Gasteiger partial charge in [-0.2, -0.15) is 0 Å². The number of hydrogen-bond donors (Lipinski definition) is 2. The second-order valence-electron chi connectivity index (χ2n) is 5.02. The van der Waals surface area contributed by atoms with Crippen molar-refractivity contribution in [2.24, 2.45) is 11.1 Å². The number of primary sulfonamides is 1. The molecular weight excluding hydrogens is 314 g/mol. The lowest BCUT2D eigenvalue weighted by Gasteiger charge is -2.08. The maximum Gasteiger partial charge on any atom is 0.249 e. The molecule has 0 spiro atoms. The van der Waals surface area contributed by atoms with Crippen LogP contribution in [0.5, 0.6) is 0 Å². The van der Waals surface area contributed by atoms with Gasteiger partial charge in [0.05, 0.1) is 18.9 Å². The third-order valence-electron chi connectivity index (χ3n) is 3.13. The number of nitrogens with one attached hydrogen (secondary N) is 1. The standard InChI is InChI=1S/C12H21N3O4S2/c1-9-11(21(13,16)17)20-12(15-9)14-4-2-5-18-7-10-3-6-19-8-10/h10H,2-8H2,1H3,(H,14,15)(H2,13,16,17)/t10-/m0/s1. The summed E-state index contributed by atoms with van der Waals surface area (Å²) in [4.78, 5) is 4.15. The van der Waals surface area contributed by atoms with Crippen molar-refractivity contribution in [3.05, 3.63) is 5.69 Å². The van der Waals surface area contributed by atoms with E-state index in [1.807, 2.05) is 0 Å². The largest absolute Gasteiger partial charge is 0.381 e. The van der Waals surface area contributed by atoms with Crippen molar-refractivity contribution in [1.29, 1.82) is 0 Å². The Bertz CT molecular complexity index is 553. The van der Waals surface area contributed by atoms with Crippen LogP contribution in [0, 0.1) is 12.8 Å². The highest BCUT2D eigenvalue weighted by Crippen LogP contribution is 2.25. The van der Waals surface area contributed by atoms with Crippen molar-refractivity contribution in [1.82, 2.24) is 4.98 Å². The van der Waals surface area contributed by atoms with Crippen molar-refractivity contribution in [2.75, 3.05) is 38.3 Å². The molecule has 1 aromatic heterocycles. The molecule has 2 rings (SSSR count). The number of rotatable bonds is 8. The number of ether oxygens (including phenoxy) is 2. The van der Waals surface area contributed by atoms with Gasteiger partial charge in [0.15, 0.2) is 9.34 Å². The van der Waals surface area contributed by atoms with Gasteiger partial charge in [0, 0.05) is 25.7 Å². The van der Waals surface area contributed by atoms with Crippen molar-refractivity contribution in [3.8, 4) is 0 Å². The zero-order chi connectivity index (χ0) is 15.3. The van der Waals surface area contributed by atoms with E-state index in [1.54, 1.807) is 6.92 Å². The second-order valence-corrected chi connectivity index (χ2v) is 7.78. The Morgan fingerprint density at radius 1 is 1.57 bits per heavy atom. The minimum absolute atomic E-state index is 0.113. The average Bonchev–Trinajstić information content (AvgIpc) is 3.02. The molecule has 0 aliphatic carbocycles. The summed E-state index contributed by atoms with van der Waals surface area (Å²) in [6.07, 6.45) is 1.91. The lowest BCUT2D eigenvalue weighted by Crippen LogP contribution is -2.12. The first-order valence-corrected chi connectivity index (χ1v) is 9.22. The minimum Gasteiger partial charge on any atom is -0.381 e. The molecule has 0 saturated carbocycles. The maximum atomic E-state index is 11.3. The van der Waals surface area contributed by atoms with Crippen LogP contribution in [0.3, 0.4) is 0 Å².